The number of anilines is 1. The second-order valence-electron chi connectivity index (χ2n) is 6.60. The molecular formula is C22H23BrN2O4S. The lowest BCUT2D eigenvalue weighted by atomic mass is 10.1. The predicted molar refractivity (Wildman–Crippen MR) is 122 cm³/mol. The third-order valence-electron chi connectivity index (χ3n) is 4.62. The van der Waals surface area contributed by atoms with Crippen molar-refractivity contribution in [2.45, 2.75) is 18.7 Å². The number of carbonyl (C=O) groups excluding carboxylic acids is 1. The van der Waals surface area contributed by atoms with E-state index >= 15 is 0 Å². The van der Waals surface area contributed by atoms with E-state index in [0.29, 0.717) is 24.5 Å². The molecule has 3 aromatic rings. The van der Waals surface area contributed by atoms with Crippen LogP contribution < -0.4 is 10.1 Å². The van der Waals surface area contributed by atoms with Crippen LogP contribution >= 0.6 is 15.9 Å². The number of sulfonamides is 1. The number of amides is 1. The standard InChI is InChI=1S/C22H23BrN2O4S/c1-3-25(4-2)30(27,28)21-11-8-19(9-12-21)24-22(26)15-29-20-10-6-16-13-18(23)7-5-17(16)14-20/h5-14H,3-4,15H2,1-2H3,(H,24,26). The molecule has 8 heteroatoms. The molecule has 0 atom stereocenters. The van der Waals surface area contributed by atoms with Gasteiger partial charge in [-0.3, -0.25) is 4.79 Å². The fraction of sp³-hybridized carbons (Fsp3) is 0.227. The zero-order valence-corrected chi connectivity index (χ0v) is 19.2. The van der Waals surface area contributed by atoms with Crippen LogP contribution in [-0.4, -0.2) is 38.3 Å². The first-order valence-corrected chi connectivity index (χ1v) is 11.8. The molecule has 158 valence electrons. The van der Waals surface area contributed by atoms with Gasteiger partial charge in [-0.1, -0.05) is 41.9 Å². The van der Waals surface area contributed by atoms with Crippen LogP contribution in [0.25, 0.3) is 10.8 Å². The molecule has 0 aliphatic carbocycles. The van der Waals surface area contributed by atoms with Crippen LogP contribution in [0.5, 0.6) is 5.75 Å². The van der Waals surface area contributed by atoms with Crippen molar-refractivity contribution in [1.82, 2.24) is 4.31 Å². The highest BCUT2D eigenvalue weighted by atomic mass is 79.9. The normalized spacial score (nSPS) is 11.6. The number of halogens is 1. The number of hydrogen-bond acceptors (Lipinski definition) is 4. The maximum absolute atomic E-state index is 12.5. The molecule has 0 unspecified atom stereocenters. The first kappa shape index (κ1) is 22.3. The Morgan fingerprint density at radius 2 is 1.60 bits per heavy atom. The summed E-state index contributed by atoms with van der Waals surface area (Å²) in [5.41, 5.74) is 0.505. The molecule has 0 spiro atoms. The summed E-state index contributed by atoms with van der Waals surface area (Å²) < 4.78 is 33.0. The van der Waals surface area contributed by atoms with Crippen LogP contribution in [0.2, 0.25) is 0 Å². The molecule has 30 heavy (non-hydrogen) atoms. The number of benzene rings is 3. The van der Waals surface area contributed by atoms with Gasteiger partial charge in [-0.05, 0) is 59.3 Å². The lowest BCUT2D eigenvalue weighted by molar-refractivity contribution is -0.118. The maximum atomic E-state index is 12.5. The highest BCUT2D eigenvalue weighted by molar-refractivity contribution is 9.10. The number of nitrogens with one attached hydrogen (secondary N) is 1. The summed E-state index contributed by atoms with van der Waals surface area (Å²) in [5, 5.41) is 4.80. The van der Waals surface area contributed by atoms with Crippen molar-refractivity contribution < 1.29 is 17.9 Å². The Balaban J connectivity index is 1.60. The molecule has 0 bridgehead atoms. The van der Waals surface area contributed by atoms with Crippen LogP contribution in [0.4, 0.5) is 5.69 Å². The zero-order valence-electron chi connectivity index (χ0n) is 16.8. The van der Waals surface area contributed by atoms with Crippen molar-refractivity contribution >= 4 is 48.3 Å². The first-order chi connectivity index (χ1) is 14.3. The molecule has 1 N–H and O–H groups in total. The molecule has 0 aliphatic rings. The molecular weight excluding hydrogens is 468 g/mol. The molecule has 0 saturated carbocycles. The Labute approximate surface area is 185 Å². The minimum atomic E-state index is -3.52. The van der Waals surface area contributed by atoms with Gasteiger partial charge >= 0.3 is 0 Å². The molecule has 0 radical (unpaired) electrons. The minimum Gasteiger partial charge on any atom is -0.484 e. The topological polar surface area (TPSA) is 75.7 Å². The molecule has 0 fully saturated rings. The monoisotopic (exact) mass is 490 g/mol. The van der Waals surface area contributed by atoms with Crippen LogP contribution in [0.3, 0.4) is 0 Å². The highest BCUT2D eigenvalue weighted by Crippen LogP contribution is 2.24. The third-order valence-corrected chi connectivity index (χ3v) is 7.18. The van der Waals surface area contributed by atoms with E-state index in [9.17, 15) is 13.2 Å². The summed E-state index contributed by atoms with van der Waals surface area (Å²) in [6, 6.07) is 17.7. The fourth-order valence-corrected chi connectivity index (χ4v) is 4.89. The Kier molecular flexibility index (Phi) is 7.12. The van der Waals surface area contributed by atoms with Crippen LogP contribution in [0.15, 0.2) is 70.0 Å². The minimum absolute atomic E-state index is 0.151. The van der Waals surface area contributed by atoms with Crippen LogP contribution in [0, 0.1) is 0 Å². The van der Waals surface area contributed by atoms with Gasteiger partial charge in [-0.25, -0.2) is 8.42 Å². The van der Waals surface area contributed by atoms with Gasteiger partial charge in [0.15, 0.2) is 6.61 Å². The quantitative estimate of drug-likeness (QED) is 0.498. The van der Waals surface area contributed by atoms with E-state index in [-0.39, 0.29) is 17.4 Å². The number of fused-ring (bicyclic) bond motifs is 1. The predicted octanol–water partition coefficient (Wildman–Crippen LogP) is 4.65. The second kappa shape index (κ2) is 9.59. The number of ether oxygens (including phenoxy) is 1. The molecule has 0 saturated heterocycles. The third kappa shape index (κ3) is 5.19. The van der Waals surface area contributed by atoms with Gasteiger partial charge in [-0.2, -0.15) is 4.31 Å². The van der Waals surface area contributed by atoms with E-state index in [2.05, 4.69) is 21.2 Å². The summed E-state index contributed by atoms with van der Waals surface area (Å²) in [6.07, 6.45) is 0. The largest absolute Gasteiger partial charge is 0.484 e. The smallest absolute Gasteiger partial charge is 0.262 e. The lowest BCUT2D eigenvalue weighted by Gasteiger charge is -2.18. The van der Waals surface area contributed by atoms with Gasteiger partial charge in [0, 0.05) is 23.2 Å². The number of rotatable bonds is 8. The average molecular weight is 491 g/mol. The van der Waals surface area contributed by atoms with Crippen molar-refractivity contribution in [3.8, 4) is 5.75 Å². The number of nitrogens with zero attached hydrogens (tertiary/aromatic N) is 1. The summed E-state index contributed by atoms with van der Waals surface area (Å²) in [7, 11) is -3.52. The molecule has 1 amide bonds. The average Bonchev–Trinajstić information content (AvgIpc) is 2.73. The van der Waals surface area contributed by atoms with Crippen molar-refractivity contribution in [1.29, 1.82) is 0 Å². The Bertz CT molecular complexity index is 1140. The van der Waals surface area contributed by atoms with Gasteiger partial charge in [-0.15, -0.1) is 0 Å². The molecule has 3 rings (SSSR count). The van der Waals surface area contributed by atoms with Crippen molar-refractivity contribution in [2.75, 3.05) is 25.0 Å². The van der Waals surface area contributed by atoms with E-state index in [1.165, 1.54) is 16.4 Å². The molecule has 6 nitrogen and oxygen atoms in total. The Morgan fingerprint density at radius 1 is 0.967 bits per heavy atom. The molecule has 0 aliphatic heterocycles. The Morgan fingerprint density at radius 3 is 2.27 bits per heavy atom. The van der Waals surface area contributed by atoms with E-state index in [1.807, 2.05) is 36.4 Å². The second-order valence-corrected chi connectivity index (χ2v) is 9.46. The molecule has 3 aromatic carbocycles. The zero-order chi connectivity index (χ0) is 21.7. The number of hydrogen-bond donors (Lipinski definition) is 1. The number of carbonyl (C=O) groups is 1. The van der Waals surface area contributed by atoms with Crippen molar-refractivity contribution in [2.24, 2.45) is 0 Å². The van der Waals surface area contributed by atoms with Gasteiger partial charge in [0.2, 0.25) is 10.0 Å². The van der Waals surface area contributed by atoms with E-state index in [0.717, 1.165) is 15.2 Å². The summed E-state index contributed by atoms with van der Waals surface area (Å²) in [5.74, 6) is 0.269. The van der Waals surface area contributed by atoms with E-state index in [1.54, 1.807) is 26.0 Å². The van der Waals surface area contributed by atoms with E-state index in [4.69, 9.17) is 4.74 Å². The Hall–Kier alpha value is -2.42. The highest BCUT2D eigenvalue weighted by Gasteiger charge is 2.21. The van der Waals surface area contributed by atoms with Crippen molar-refractivity contribution in [3.63, 3.8) is 0 Å². The first-order valence-electron chi connectivity index (χ1n) is 9.55. The molecule has 0 heterocycles. The SMILES string of the molecule is CCN(CC)S(=O)(=O)c1ccc(NC(=O)COc2ccc3cc(Br)ccc3c2)cc1. The van der Waals surface area contributed by atoms with Gasteiger partial charge in [0.25, 0.3) is 5.91 Å². The van der Waals surface area contributed by atoms with Crippen molar-refractivity contribution in [3.05, 3.63) is 65.1 Å². The maximum Gasteiger partial charge on any atom is 0.262 e. The lowest BCUT2D eigenvalue weighted by Crippen LogP contribution is -2.30. The summed E-state index contributed by atoms with van der Waals surface area (Å²) in [6.45, 7) is 4.25. The summed E-state index contributed by atoms with van der Waals surface area (Å²) >= 11 is 3.44. The van der Waals surface area contributed by atoms with E-state index < -0.39 is 10.0 Å². The molecule has 0 aromatic heterocycles. The van der Waals surface area contributed by atoms with Crippen LogP contribution in [0.1, 0.15) is 13.8 Å². The fourth-order valence-electron chi connectivity index (χ4n) is 3.05. The van der Waals surface area contributed by atoms with Gasteiger partial charge < -0.3 is 10.1 Å². The van der Waals surface area contributed by atoms with Gasteiger partial charge in [0.1, 0.15) is 5.75 Å². The van der Waals surface area contributed by atoms with Gasteiger partial charge in [0.05, 0.1) is 4.90 Å². The summed E-state index contributed by atoms with van der Waals surface area (Å²) in [4.78, 5) is 12.4. The van der Waals surface area contributed by atoms with Crippen LogP contribution in [-0.2, 0) is 14.8 Å².